The molecular weight excluding hydrogens is 1050 g/mol. The summed E-state index contributed by atoms with van der Waals surface area (Å²) < 4.78 is 352. The number of non-ortho nitro benzene ring substituents is 1. The quantitative estimate of drug-likeness (QED) is 0.0536. The third kappa shape index (κ3) is 13.9. The molecule has 5 aromatic carbocycles. The van der Waals surface area contributed by atoms with Crippen LogP contribution in [0.3, 0.4) is 0 Å². The molecule has 30 heteroatoms. The van der Waals surface area contributed by atoms with Crippen LogP contribution in [0.4, 0.5) is 111 Å². The van der Waals surface area contributed by atoms with Gasteiger partial charge in [-0.05, 0) is 24.3 Å². The number of benzene rings is 5. The van der Waals surface area contributed by atoms with Crippen LogP contribution in [-0.2, 0) is 69.3 Å². The average Bonchev–Trinajstić information content (AvgIpc) is 3.18. The van der Waals surface area contributed by atoms with E-state index in [1.54, 1.807) is 24.6 Å². The van der Waals surface area contributed by atoms with Crippen molar-refractivity contribution in [3.63, 3.8) is 0 Å². The Morgan fingerprint density at radius 1 is 0.394 bits per heavy atom. The van der Waals surface area contributed by atoms with Gasteiger partial charge >= 0.3 is 49.4 Å². The molecule has 5 aromatic rings. The van der Waals surface area contributed by atoms with Gasteiger partial charge in [-0.2, -0.15) is 127 Å². The zero-order valence-corrected chi connectivity index (χ0v) is 35.5. The van der Waals surface area contributed by atoms with Gasteiger partial charge in [-0.25, -0.2) is 0 Å². The second-order valence-electron chi connectivity index (χ2n) is 15.7. The molecule has 0 radical (unpaired) electrons. The fourth-order valence-corrected chi connectivity index (χ4v) is 8.21. The van der Waals surface area contributed by atoms with E-state index < -0.39 is 210 Å². The van der Waals surface area contributed by atoms with Crippen molar-refractivity contribution in [2.24, 2.45) is 0 Å². The van der Waals surface area contributed by atoms with Crippen molar-refractivity contribution >= 4 is 43.6 Å². The SMILES string of the molecule is C[S+](C)(=O)Cc1cccc([N+](=O)[O-])c1.FC(F)(F)c1cc([B-](c2cc(C(F)(F)F)cc(C(F)(F)F)c2)(c2cc(C(F)(F)F)cc(C(F)(F)F)c2)c2cc(C(F)(F)F)cc(C(F)(F)F)c2)cc(C(F)(F)F)c1. The van der Waals surface area contributed by atoms with Crippen LogP contribution in [0.25, 0.3) is 0 Å². The van der Waals surface area contributed by atoms with Crippen LogP contribution in [0.2, 0.25) is 0 Å². The maximum atomic E-state index is 14.2. The Morgan fingerprint density at radius 3 is 0.775 bits per heavy atom. The number of hydrogen-bond acceptors (Lipinski definition) is 3. The van der Waals surface area contributed by atoms with Crippen molar-refractivity contribution < 1.29 is 115 Å². The van der Waals surface area contributed by atoms with Gasteiger partial charge in [0.15, 0.2) is 0 Å². The lowest BCUT2D eigenvalue weighted by Gasteiger charge is -2.46. The number of halogens is 24. The highest BCUT2D eigenvalue weighted by Gasteiger charge is 2.47. The minimum atomic E-state index is -6.13. The summed E-state index contributed by atoms with van der Waals surface area (Å²) >= 11 is 0. The predicted octanol–water partition coefficient (Wildman–Crippen LogP) is 13.1. The van der Waals surface area contributed by atoms with Gasteiger partial charge in [0.25, 0.3) is 5.69 Å². The van der Waals surface area contributed by atoms with Gasteiger partial charge in [0, 0.05) is 17.7 Å². The summed E-state index contributed by atoms with van der Waals surface area (Å²) in [6.07, 6.45) is -51.5. The van der Waals surface area contributed by atoms with Crippen LogP contribution in [0.15, 0.2) is 97.1 Å². The number of hydrogen-bond donors (Lipinski definition) is 0. The van der Waals surface area contributed by atoms with Gasteiger partial charge in [0.2, 0.25) is 0 Å². The second kappa shape index (κ2) is 18.9. The maximum Gasteiger partial charge on any atom is 0.416 e. The van der Waals surface area contributed by atoms with Crippen molar-refractivity contribution in [2.75, 3.05) is 12.5 Å². The summed E-state index contributed by atoms with van der Waals surface area (Å²) in [5.74, 6) is 0.384. The van der Waals surface area contributed by atoms with Crippen molar-refractivity contribution in [1.82, 2.24) is 0 Å². The Kier molecular flexibility index (Phi) is 15.3. The minimum Gasteiger partial charge on any atom is -0.258 e. The molecule has 0 aliphatic carbocycles. The summed E-state index contributed by atoms with van der Waals surface area (Å²) in [6.45, 7) is 0. The molecule has 0 heterocycles. The zero-order valence-electron chi connectivity index (χ0n) is 34.7. The van der Waals surface area contributed by atoms with Crippen LogP contribution in [0.5, 0.6) is 0 Å². The van der Waals surface area contributed by atoms with Gasteiger partial charge < -0.3 is 0 Å². The zero-order chi connectivity index (χ0) is 54.7. The Bertz CT molecular complexity index is 2390. The smallest absolute Gasteiger partial charge is 0.258 e. The lowest BCUT2D eigenvalue weighted by atomic mass is 9.12. The number of alkyl halides is 24. The Labute approximate surface area is 382 Å². The highest BCUT2D eigenvalue weighted by atomic mass is 32.2. The highest BCUT2D eigenvalue weighted by Crippen LogP contribution is 2.41. The molecule has 0 fully saturated rings. The Morgan fingerprint density at radius 2 is 0.606 bits per heavy atom. The highest BCUT2D eigenvalue weighted by molar-refractivity contribution is 8.00. The molecular formula is C41H24BF24NO3S. The van der Waals surface area contributed by atoms with Crippen molar-refractivity contribution in [2.45, 2.75) is 55.2 Å². The van der Waals surface area contributed by atoms with E-state index in [2.05, 4.69) is 0 Å². The molecule has 5 rings (SSSR count). The summed E-state index contributed by atoms with van der Waals surface area (Å²) in [5, 5.41) is 10.5. The molecule has 0 aliphatic heterocycles. The average molecular weight is 1080 g/mol. The van der Waals surface area contributed by atoms with E-state index in [-0.39, 0.29) is 5.69 Å². The normalized spacial score (nSPS) is 13.7. The third-order valence-electron chi connectivity index (χ3n) is 10.1. The molecule has 0 unspecified atom stereocenters. The molecule has 71 heavy (non-hydrogen) atoms. The maximum absolute atomic E-state index is 14.2. The van der Waals surface area contributed by atoms with E-state index in [0.717, 1.165) is 5.56 Å². The van der Waals surface area contributed by atoms with Crippen LogP contribution in [0.1, 0.15) is 50.1 Å². The monoisotopic (exact) mass is 1080 g/mol. The molecule has 0 atom stereocenters. The lowest BCUT2D eigenvalue weighted by Crippen LogP contribution is -2.75. The van der Waals surface area contributed by atoms with E-state index in [4.69, 9.17) is 0 Å². The Hall–Kier alpha value is -5.97. The molecule has 0 N–H and O–H groups in total. The van der Waals surface area contributed by atoms with E-state index >= 15 is 0 Å². The topological polar surface area (TPSA) is 60.2 Å². The summed E-state index contributed by atoms with van der Waals surface area (Å²) in [5.41, 5.74) is -29.4. The van der Waals surface area contributed by atoms with Gasteiger partial charge in [0.05, 0.1) is 59.4 Å². The van der Waals surface area contributed by atoms with Crippen molar-refractivity contribution in [3.05, 3.63) is 157 Å². The molecule has 0 saturated carbocycles. The van der Waals surface area contributed by atoms with Crippen LogP contribution < -0.4 is 21.9 Å². The number of nitro benzene ring substituents is 1. The largest absolute Gasteiger partial charge is 0.416 e. The summed E-state index contributed by atoms with van der Waals surface area (Å²) in [7, 11) is -1.89. The summed E-state index contributed by atoms with van der Waals surface area (Å²) in [6, 6.07) is -2.56. The molecule has 388 valence electrons. The molecule has 4 nitrogen and oxygen atoms in total. The van der Waals surface area contributed by atoms with Gasteiger partial charge in [-0.15, -0.1) is 4.21 Å². The molecule has 0 spiro atoms. The third-order valence-corrected chi connectivity index (χ3v) is 11.1. The first-order valence-corrected chi connectivity index (χ1v) is 21.2. The van der Waals surface area contributed by atoms with Crippen molar-refractivity contribution in [3.8, 4) is 0 Å². The lowest BCUT2D eigenvalue weighted by molar-refractivity contribution is -0.384. The second-order valence-corrected chi connectivity index (χ2v) is 18.9. The van der Waals surface area contributed by atoms with Crippen molar-refractivity contribution in [1.29, 1.82) is 0 Å². The van der Waals surface area contributed by atoms with Gasteiger partial charge in [0.1, 0.15) is 24.4 Å². The van der Waals surface area contributed by atoms with Gasteiger partial charge in [-0.3, -0.25) is 10.1 Å². The molecule has 0 aliphatic rings. The van der Waals surface area contributed by atoms with Crippen LogP contribution in [0, 0.1) is 10.1 Å². The molecule has 0 bridgehead atoms. The van der Waals surface area contributed by atoms with Crippen LogP contribution >= 0.6 is 0 Å². The van der Waals surface area contributed by atoms with E-state index in [1.807, 2.05) is 0 Å². The van der Waals surface area contributed by atoms with E-state index in [0.29, 0.717) is 5.75 Å². The van der Waals surface area contributed by atoms with E-state index in [9.17, 15) is 120 Å². The standard InChI is InChI=1S/C32H12BF24.C9H12NO3S/c34-25(35,36)13-1-14(26(37,38)39)6-21(5-13)33(22-7-15(27(40,41)42)2-16(8-22)28(43,44)45,23-9-17(29(46,47)48)3-18(10-23)30(49,50)51)24-11-19(31(52,53)54)4-20(12-24)32(55,56)57;1-14(2,13)7-8-4-3-5-9(6-8)10(11)12/h1-12H;3-6H,7H2,1-2H3/q-1;+1. The molecule has 0 amide bonds. The fourth-order valence-electron chi connectivity index (χ4n) is 7.23. The van der Waals surface area contributed by atoms with E-state index in [1.165, 1.54) is 12.1 Å². The first kappa shape index (κ1) is 57.6. The first-order valence-electron chi connectivity index (χ1n) is 18.7. The molecule has 0 saturated heterocycles. The predicted molar refractivity (Wildman–Crippen MR) is 207 cm³/mol. The van der Waals surface area contributed by atoms with Crippen LogP contribution in [-0.4, -0.2) is 23.6 Å². The molecule has 0 aromatic heterocycles. The Balaban J connectivity index is 0.000000671. The minimum absolute atomic E-state index is 0.0474. The fraction of sp³-hybridized carbons (Fsp3) is 0.268. The first-order chi connectivity index (χ1) is 31.6. The van der Waals surface area contributed by atoms with Gasteiger partial charge in [-0.1, -0.05) is 60.7 Å². The number of nitrogens with zero attached hydrogens (tertiary/aromatic N) is 1. The number of rotatable bonds is 7. The number of nitro groups is 1. The summed E-state index contributed by atoms with van der Waals surface area (Å²) in [4.78, 5) is 10.0.